The molecule has 0 aromatic heterocycles. The maximum atomic E-state index is 12.3. The fourth-order valence-corrected chi connectivity index (χ4v) is 3.96. The van der Waals surface area contributed by atoms with Gasteiger partial charge in [-0.1, -0.05) is 0 Å². The van der Waals surface area contributed by atoms with Gasteiger partial charge in [-0.15, -0.1) is 0 Å². The number of benzene rings is 1. The summed E-state index contributed by atoms with van der Waals surface area (Å²) in [6.07, 6.45) is 2.11. The summed E-state index contributed by atoms with van der Waals surface area (Å²) in [6.45, 7) is 1.38. The van der Waals surface area contributed by atoms with E-state index in [9.17, 15) is 13.6 Å². The Balaban J connectivity index is 1.48. The number of amides is 1. The molecule has 1 aliphatic carbocycles. The third-order valence-corrected chi connectivity index (χ3v) is 4.85. The second-order valence-corrected chi connectivity index (χ2v) is 7.03. The Morgan fingerprint density at radius 1 is 1.42 bits per heavy atom. The number of rotatable bonds is 6. The number of likely N-dealkylation sites (tertiary alicyclic amines) is 1. The van der Waals surface area contributed by atoms with Crippen LogP contribution in [0.3, 0.4) is 0 Å². The van der Waals surface area contributed by atoms with E-state index in [4.69, 9.17) is 5.11 Å². The van der Waals surface area contributed by atoms with E-state index in [0.29, 0.717) is 29.0 Å². The molecule has 132 valence electrons. The minimum Gasteiger partial charge on any atom is -0.435 e. The van der Waals surface area contributed by atoms with Crippen LogP contribution in [0.15, 0.2) is 18.2 Å². The molecule has 0 atom stereocenters. The van der Waals surface area contributed by atoms with E-state index in [1.807, 2.05) is 4.90 Å². The average Bonchev–Trinajstić information content (AvgIpc) is 2.42. The van der Waals surface area contributed by atoms with Gasteiger partial charge in [0, 0.05) is 25.2 Å². The van der Waals surface area contributed by atoms with Crippen LogP contribution in [-0.2, 0) is 0 Å². The Labute approximate surface area is 139 Å². The van der Waals surface area contributed by atoms with Gasteiger partial charge in [0.05, 0.1) is 6.73 Å². The molecule has 1 aliphatic heterocycles. The zero-order valence-electron chi connectivity index (χ0n) is 13.6. The van der Waals surface area contributed by atoms with Crippen LogP contribution in [0.2, 0.25) is 0 Å². The Hall–Kier alpha value is -1.73. The lowest BCUT2D eigenvalue weighted by Gasteiger charge is -2.58. The molecule has 2 fully saturated rings. The van der Waals surface area contributed by atoms with Crippen molar-refractivity contribution in [1.82, 2.24) is 10.2 Å². The summed E-state index contributed by atoms with van der Waals surface area (Å²) in [5, 5.41) is 11.9. The summed E-state index contributed by atoms with van der Waals surface area (Å²) in [7, 11) is 0. The lowest BCUT2D eigenvalue weighted by atomic mass is 9.58. The van der Waals surface area contributed by atoms with Gasteiger partial charge in [0.25, 0.3) is 5.91 Å². The van der Waals surface area contributed by atoms with E-state index in [-0.39, 0.29) is 18.4 Å². The van der Waals surface area contributed by atoms with E-state index in [0.717, 1.165) is 25.9 Å². The van der Waals surface area contributed by atoms with E-state index < -0.39 is 6.61 Å². The van der Waals surface area contributed by atoms with Gasteiger partial charge >= 0.3 is 6.61 Å². The van der Waals surface area contributed by atoms with Gasteiger partial charge in [0.1, 0.15) is 5.75 Å². The highest BCUT2D eigenvalue weighted by molar-refractivity contribution is 5.94. The maximum Gasteiger partial charge on any atom is 0.387 e. The van der Waals surface area contributed by atoms with Crippen LogP contribution in [-0.4, -0.2) is 48.9 Å². The molecule has 1 saturated carbocycles. The summed E-state index contributed by atoms with van der Waals surface area (Å²) in [4.78, 5) is 14.2. The number of nitrogens with one attached hydrogen (secondary N) is 1. The van der Waals surface area contributed by atoms with Crippen molar-refractivity contribution < 1.29 is 23.4 Å². The Morgan fingerprint density at radius 3 is 2.75 bits per heavy atom. The van der Waals surface area contributed by atoms with Gasteiger partial charge in [-0.25, -0.2) is 0 Å². The Kier molecular flexibility index (Phi) is 4.73. The minimum absolute atomic E-state index is 0.00342. The molecule has 1 amide bonds. The molecule has 1 aromatic carbocycles. The number of aryl methyl sites for hydroxylation is 1. The molecule has 1 spiro atoms. The van der Waals surface area contributed by atoms with Crippen LogP contribution in [0.25, 0.3) is 0 Å². The molecule has 1 saturated heterocycles. The topological polar surface area (TPSA) is 61.8 Å². The number of aliphatic hydroxyl groups excluding tert-OH is 1. The predicted molar refractivity (Wildman–Crippen MR) is 84.0 cm³/mol. The second-order valence-electron chi connectivity index (χ2n) is 7.03. The highest BCUT2D eigenvalue weighted by Crippen LogP contribution is 2.51. The molecule has 2 aliphatic rings. The first-order valence-electron chi connectivity index (χ1n) is 8.07. The third-order valence-electron chi connectivity index (χ3n) is 4.85. The molecule has 5 nitrogen and oxygen atoms in total. The first-order valence-corrected chi connectivity index (χ1v) is 8.07. The number of nitrogens with zero attached hydrogens (tertiary/aromatic N) is 1. The minimum atomic E-state index is -2.91. The lowest BCUT2D eigenvalue weighted by Crippen LogP contribution is -2.63. The van der Waals surface area contributed by atoms with Gasteiger partial charge in [0.15, 0.2) is 0 Å². The molecule has 2 N–H and O–H groups in total. The van der Waals surface area contributed by atoms with E-state index >= 15 is 0 Å². The Morgan fingerprint density at radius 2 is 2.12 bits per heavy atom. The highest BCUT2D eigenvalue weighted by Gasteiger charge is 2.51. The van der Waals surface area contributed by atoms with Crippen LogP contribution < -0.4 is 10.1 Å². The number of halogens is 2. The molecule has 0 bridgehead atoms. The van der Waals surface area contributed by atoms with Gasteiger partial charge < -0.3 is 15.2 Å². The number of ether oxygens (including phenoxy) is 1. The van der Waals surface area contributed by atoms with Crippen molar-refractivity contribution >= 4 is 5.91 Å². The third kappa shape index (κ3) is 3.67. The number of carbonyl (C=O) groups is 1. The fraction of sp³-hybridized carbons (Fsp3) is 0.588. The molecular weight excluding hydrogens is 318 g/mol. The zero-order valence-corrected chi connectivity index (χ0v) is 13.6. The first-order chi connectivity index (χ1) is 11.4. The predicted octanol–water partition coefficient (Wildman–Crippen LogP) is 1.99. The average molecular weight is 340 g/mol. The van der Waals surface area contributed by atoms with Crippen molar-refractivity contribution in [1.29, 1.82) is 0 Å². The summed E-state index contributed by atoms with van der Waals surface area (Å²) in [5.41, 5.74) is 1.36. The number of hydrogen-bond donors (Lipinski definition) is 2. The lowest BCUT2D eigenvalue weighted by molar-refractivity contribution is -0.121. The molecule has 24 heavy (non-hydrogen) atoms. The molecule has 1 heterocycles. The molecule has 0 radical (unpaired) electrons. The summed E-state index contributed by atoms with van der Waals surface area (Å²) >= 11 is 0. The SMILES string of the molecule is Cc1cc(OC(F)F)cc(C(=O)NCC2CC3(C2)CN(CO)C3)c1. The summed E-state index contributed by atoms with van der Waals surface area (Å²) < 4.78 is 29.0. The smallest absolute Gasteiger partial charge is 0.387 e. The van der Waals surface area contributed by atoms with Gasteiger partial charge in [-0.3, -0.25) is 9.69 Å². The summed E-state index contributed by atoms with van der Waals surface area (Å²) in [6, 6.07) is 4.46. The number of alkyl halides is 2. The van der Waals surface area contributed by atoms with E-state index in [1.165, 1.54) is 12.1 Å². The van der Waals surface area contributed by atoms with Crippen molar-refractivity contribution in [3.05, 3.63) is 29.3 Å². The molecular formula is C17H22F2N2O3. The molecule has 3 rings (SSSR count). The quantitative estimate of drug-likeness (QED) is 0.831. The fourth-order valence-electron chi connectivity index (χ4n) is 3.96. The van der Waals surface area contributed by atoms with Gasteiger partial charge in [0.2, 0.25) is 0 Å². The van der Waals surface area contributed by atoms with Gasteiger partial charge in [-0.2, -0.15) is 8.78 Å². The van der Waals surface area contributed by atoms with Crippen molar-refractivity contribution in [2.24, 2.45) is 11.3 Å². The van der Waals surface area contributed by atoms with Crippen molar-refractivity contribution in [2.45, 2.75) is 26.4 Å². The number of hydrogen-bond acceptors (Lipinski definition) is 4. The van der Waals surface area contributed by atoms with Crippen LogP contribution in [0.1, 0.15) is 28.8 Å². The Bertz CT molecular complexity index is 610. The number of carbonyl (C=O) groups excluding carboxylic acids is 1. The van der Waals surface area contributed by atoms with Gasteiger partial charge in [-0.05, 0) is 54.9 Å². The van der Waals surface area contributed by atoms with Crippen molar-refractivity contribution in [3.8, 4) is 5.75 Å². The largest absolute Gasteiger partial charge is 0.435 e. The van der Waals surface area contributed by atoms with Crippen molar-refractivity contribution in [2.75, 3.05) is 26.4 Å². The van der Waals surface area contributed by atoms with E-state index in [1.54, 1.807) is 13.0 Å². The van der Waals surface area contributed by atoms with Crippen LogP contribution in [0.5, 0.6) is 5.75 Å². The van der Waals surface area contributed by atoms with E-state index in [2.05, 4.69) is 10.1 Å². The molecule has 7 heteroatoms. The monoisotopic (exact) mass is 340 g/mol. The maximum absolute atomic E-state index is 12.3. The van der Waals surface area contributed by atoms with Crippen molar-refractivity contribution in [3.63, 3.8) is 0 Å². The van der Waals surface area contributed by atoms with Crippen LogP contribution >= 0.6 is 0 Å². The molecule has 0 unspecified atom stereocenters. The molecule has 1 aromatic rings. The second kappa shape index (κ2) is 6.64. The first kappa shape index (κ1) is 17.1. The van der Waals surface area contributed by atoms with Crippen LogP contribution in [0, 0.1) is 18.3 Å². The normalized spacial score (nSPS) is 19.9. The zero-order chi connectivity index (χ0) is 17.3. The highest BCUT2D eigenvalue weighted by atomic mass is 19.3. The summed E-state index contributed by atoms with van der Waals surface area (Å²) in [5.74, 6) is 0.164. The standard InChI is InChI=1S/C17H22F2N2O3/c1-11-2-13(4-14(3-11)24-16(18)19)15(23)20-7-12-5-17(6-12)8-21(9-17)10-22/h2-4,12,16,22H,5-10H2,1H3,(H,20,23). The van der Waals surface area contributed by atoms with Crippen LogP contribution in [0.4, 0.5) is 8.78 Å². The number of aliphatic hydroxyl groups is 1.